The van der Waals surface area contributed by atoms with Crippen molar-refractivity contribution in [2.75, 3.05) is 0 Å². The maximum absolute atomic E-state index is 2.47. The van der Waals surface area contributed by atoms with E-state index in [2.05, 4.69) is 152 Å². The fraction of sp³-hybridized carbons (Fsp3) is 0.440. The molecule has 0 saturated carbocycles. The summed E-state index contributed by atoms with van der Waals surface area (Å²) in [5.74, 6) is 1.18. The molecule has 0 saturated heterocycles. The zero-order chi connectivity index (χ0) is 36.2. The van der Waals surface area contributed by atoms with E-state index < -0.39 is 0 Å². The number of hydrogen-bond acceptors (Lipinski definition) is 0. The second kappa shape index (κ2) is 16.1. The van der Waals surface area contributed by atoms with Crippen LogP contribution >= 0.6 is 0 Å². The molecule has 0 fully saturated rings. The average Bonchev–Trinajstić information content (AvgIpc) is 3.60. The molecule has 1 heteroatoms. The highest BCUT2D eigenvalue weighted by atomic mass is 28.2. The monoisotopic (exact) mass is 690 g/mol. The normalized spacial score (nSPS) is 16.9. The molecule has 0 bridgehead atoms. The van der Waals surface area contributed by atoms with Crippen molar-refractivity contribution >= 4 is 21.7 Å². The summed E-state index contributed by atoms with van der Waals surface area (Å²) in [4.78, 5) is 0. The third-order valence-corrected chi connectivity index (χ3v) is 13.1. The Morgan fingerprint density at radius 3 is 1.24 bits per heavy atom. The van der Waals surface area contributed by atoms with Gasteiger partial charge in [-0.1, -0.05) is 200 Å². The van der Waals surface area contributed by atoms with Crippen molar-refractivity contribution in [3.05, 3.63) is 129 Å². The Balaban J connectivity index is 0.888. The Kier molecular flexibility index (Phi) is 11.8. The van der Waals surface area contributed by atoms with Gasteiger partial charge in [0.05, 0.1) is 0 Å². The molecule has 2 aliphatic carbocycles. The Labute approximate surface area is 313 Å². The van der Waals surface area contributed by atoms with E-state index in [1.807, 2.05) is 0 Å². The highest BCUT2D eigenvalue weighted by Crippen LogP contribution is 2.45. The van der Waals surface area contributed by atoms with Crippen LogP contribution < -0.4 is 0 Å². The maximum atomic E-state index is 2.47. The largest absolute Gasteiger partial charge is 0.0652 e. The summed E-state index contributed by atoms with van der Waals surface area (Å²) in [6.45, 7) is 18.4. The summed E-state index contributed by atoms with van der Waals surface area (Å²) in [6, 6.07) is 35.3. The Hall–Kier alpha value is -3.42. The molecule has 2 atom stereocenters. The summed E-state index contributed by atoms with van der Waals surface area (Å²) < 4.78 is 0. The maximum Gasteiger partial charge on any atom is 0.0378 e. The number of unbranched alkanes of at least 4 members (excludes halogenated alkanes) is 4. The van der Waals surface area contributed by atoms with Gasteiger partial charge in [0.1, 0.15) is 0 Å². The molecule has 266 valence electrons. The lowest BCUT2D eigenvalue weighted by Gasteiger charge is -2.20. The molecule has 0 N–H and O–H groups in total. The average molecular weight is 691 g/mol. The van der Waals surface area contributed by atoms with Gasteiger partial charge in [-0.05, 0) is 93.2 Å². The van der Waals surface area contributed by atoms with E-state index in [0.717, 1.165) is 9.52 Å². The molecule has 0 spiro atoms. The quantitative estimate of drug-likeness (QED) is 0.0912. The SMILES string of the molecule is CC1=Cc2c(-c3ccc(C(C)(C)C)cc3)cccc2C1CCCCC[Si]CCCCCC1C(C)=Cc2c(-c3ccc(C(C)(C)C)cc3)cccc21. The van der Waals surface area contributed by atoms with Gasteiger partial charge in [-0.2, -0.15) is 0 Å². The molecule has 2 radical (unpaired) electrons. The molecular weight excluding hydrogens is 629 g/mol. The van der Waals surface area contributed by atoms with Crippen molar-refractivity contribution in [1.29, 1.82) is 0 Å². The second-order valence-corrected chi connectivity index (χ2v) is 19.1. The zero-order valence-electron chi connectivity index (χ0n) is 33.0. The first kappa shape index (κ1) is 37.3. The van der Waals surface area contributed by atoms with Gasteiger partial charge in [0.25, 0.3) is 0 Å². The smallest absolute Gasteiger partial charge is 0.0378 e. The van der Waals surface area contributed by atoms with E-state index in [-0.39, 0.29) is 10.8 Å². The van der Waals surface area contributed by atoms with Gasteiger partial charge < -0.3 is 0 Å². The molecule has 0 aromatic heterocycles. The lowest BCUT2D eigenvalue weighted by molar-refractivity contribution is 0.590. The summed E-state index contributed by atoms with van der Waals surface area (Å²) in [6.07, 6.45) is 15.7. The van der Waals surface area contributed by atoms with E-state index in [4.69, 9.17) is 0 Å². The van der Waals surface area contributed by atoms with Crippen LogP contribution in [0.3, 0.4) is 0 Å². The first-order valence-electron chi connectivity index (χ1n) is 20.0. The summed E-state index contributed by atoms with van der Waals surface area (Å²) in [7, 11) is 1.13. The molecule has 0 aliphatic heterocycles. The van der Waals surface area contributed by atoms with Crippen LogP contribution in [-0.4, -0.2) is 9.52 Å². The van der Waals surface area contributed by atoms with E-state index in [9.17, 15) is 0 Å². The van der Waals surface area contributed by atoms with E-state index >= 15 is 0 Å². The molecule has 51 heavy (non-hydrogen) atoms. The molecule has 0 nitrogen and oxygen atoms in total. The van der Waals surface area contributed by atoms with Gasteiger partial charge in [0, 0.05) is 21.4 Å². The fourth-order valence-corrected chi connectivity index (χ4v) is 9.74. The van der Waals surface area contributed by atoms with Crippen molar-refractivity contribution in [3.63, 3.8) is 0 Å². The number of benzene rings is 4. The number of hydrogen-bond donors (Lipinski definition) is 0. The number of fused-ring (bicyclic) bond motifs is 2. The molecule has 2 aliphatic rings. The van der Waals surface area contributed by atoms with Gasteiger partial charge in [-0.15, -0.1) is 0 Å². The van der Waals surface area contributed by atoms with Crippen LogP contribution in [-0.2, 0) is 10.8 Å². The number of rotatable bonds is 14. The van der Waals surface area contributed by atoms with E-state index in [0.29, 0.717) is 11.8 Å². The second-order valence-electron chi connectivity index (χ2n) is 17.6. The predicted octanol–water partition coefficient (Wildman–Crippen LogP) is 15.0. The van der Waals surface area contributed by atoms with Crippen molar-refractivity contribution in [2.24, 2.45) is 0 Å². The van der Waals surface area contributed by atoms with Gasteiger partial charge in [0.2, 0.25) is 0 Å². The van der Waals surface area contributed by atoms with Gasteiger partial charge in [-0.3, -0.25) is 0 Å². The van der Waals surface area contributed by atoms with Crippen LogP contribution in [0.4, 0.5) is 0 Å². The van der Waals surface area contributed by atoms with Gasteiger partial charge >= 0.3 is 0 Å². The van der Waals surface area contributed by atoms with Gasteiger partial charge in [-0.25, -0.2) is 0 Å². The van der Waals surface area contributed by atoms with Crippen LogP contribution in [0, 0.1) is 0 Å². The van der Waals surface area contributed by atoms with Crippen LogP contribution in [0.25, 0.3) is 34.4 Å². The van der Waals surface area contributed by atoms with Crippen molar-refractivity contribution < 1.29 is 0 Å². The molecule has 2 unspecified atom stereocenters. The Bertz CT molecular complexity index is 1700. The highest BCUT2D eigenvalue weighted by Gasteiger charge is 2.26. The van der Waals surface area contributed by atoms with Crippen LogP contribution in [0.2, 0.25) is 12.1 Å². The van der Waals surface area contributed by atoms with Gasteiger partial charge in [0.15, 0.2) is 0 Å². The number of allylic oxidation sites excluding steroid dienone is 2. The Morgan fingerprint density at radius 2 is 0.863 bits per heavy atom. The van der Waals surface area contributed by atoms with E-state index in [1.165, 1.54) is 108 Å². The van der Waals surface area contributed by atoms with Crippen LogP contribution in [0.1, 0.15) is 152 Å². The van der Waals surface area contributed by atoms with Crippen LogP contribution in [0.5, 0.6) is 0 Å². The van der Waals surface area contributed by atoms with E-state index in [1.54, 1.807) is 22.3 Å². The Morgan fingerprint density at radius 1 is 0.471 bits per heavy atom. The van der Waals surface area contributed by atoms with Crippen molar-refractivity contribution in [1.82, 2.24) is 0 Å². The minimum absolute atomic E-state index is 0.186. The lowest BCUT2D eigenvalue weighted by Crippen LogP contribution is -2.10. The fourth-order valence-electron chi connectivity index (χ4n) is 8.49. The third-order valence-electron chi connectivity index (χ3n) is 11.7. The standard InChI is InChI=1S/C50H62Si/c1-35-33-47-43(37-23-27-39(28-24-37)49(3,4)5)19-15-21-45(47)41(35)17-11-9-13-31-51-32-14-10-12-18-42-36(2)34-48-44(20-16-22-46(42)48)38-25-29-40(30-26-38)50(6,7)8/h15-16,19-30,33-34,41-42H,9-14,17-18,31-32H2,1-8H3. The molecule has 4 aromatic rings. The summed E-state index contributed by atoms with van der Waals surface area (Å²) in [5.41, 5.74) is 17.7. The lowest BCUT2D eigenvalue weighted by atomic mass is 9.85. The summed E-state index contributed by atoms with van der Waals surface area (Å²) >= 11 is 0. The van der Waals surface area contributed by atoms with Crippen LogP contribution in [0.15, 0.2) is 96.1 Å². The molecule has 6 rings (SSSR count). The minimum atomic E-state index is 0.186. The highest BCUT2D eigenvalue weighted by molar-refractivity contribution is 6.35. The first-order chi connectivity index (χ1) is 24.4. The molecular formula is C50H62Si. The molecule has 4 aromatic carbocycles. The molecule has 0 heterocycles. The van der Waals surface area contributed by atoms with Crippen molar-refractivity contribution in [2.45, 2.75) is 142 Å². The molecule has 0 amide bonds. The zero-order valence-corrected chi connectivity index (χ0v) is 34.0. The first-order valence-corrected chi connectivity index (χ1v) is 21.4. The predicted molar refractivity (Wildman–Crippen MR) is 226 cm³/mol. The van der Waals surface area contributed by atoms with Crippen molar-refractivity contribution in [3.8, 4) is 22.3 Å². The topological polar surface area (TPSA) is 0 Å². The third kappa shape index (κ3) is 8.80. The minimum Gasteiger partial charge on any atom is -0.0652 e. The summed E-state index contributed by atoms with van der Waals surface area (Å²) in [5, 5.41) is 0.